The Morgan fingerprint density at radius 3 is 1.21 bits per heavy atom. The van der Waals surface area contributed by atoms with Gasteiger partial charge in [0.05, 0.1) is 5.69 Å². The van der Waals surface area contributed by atoms with E-state index in [2.05, 4.69) is 280 Å². The molecule has 326 valence electrons. The Kier molecular flexibility index (Phi) is 9.88. The highest BCUT2D eigenvalue weighted by Crippen LogP contribution is 2.60. The van der Waals surface area contributed by atoms with Crippen LogP contribution in [0, 0.1) is 0 Å². The summed E-state index contributed by atoms with van der Waals surface area (Å²) >= 11 is 0. The fraction of sp³-hybridized carbons (Fsp3) is 0.0909. The van der Waals surface area contributed by atoms with E-state index in [0.717, 1.165) is 28.4 Å². The van der Waals surface area contributed by atoms with Gasteiger partial charge in [-0.2, -0.15) is 0 Å². The highest BCUT2D eigenvalue weighted by atomic mass is 15.1. The monoisotopic (exact) mass is 872 g/mol. The van der Waals surface area contributed by atoms with Crippen LogP contribution in [0.15, 0.2) is 243 Å². The Hall–Kier alpha value is -8.20. The molecule has 0 spiro atoms. The van der Waals surface area contributed by atoms with Crippen LogP contribution in [-0.4, -0.2) is 0 Å². The predicted molar refractivity (Wildman–Crippen MR) is 287 cm³/mol. The third kappa shape index (κ3) is 6.78. The Morgan fingerprint density at radius 2 is 0.662 bits per heavy atom. The van der Waals surface area contributed by atoms with Crippen LogP contribution >= 0.6 is 0 Å². The first-order chi connectivity index (χ1) is 33.3. The van der Waals surface area contributed by atoms with Gasteiger partial charge in [-0.05, 0) is 151 Å². The topological polar surface area (TPSA) is 6.48 Å². The van der Waals surface area contributed by atoms with Crippen molar-refractivity contribution in [1.29, 1.82) is 0 Å². The molecule has 0 fully saturated rings. The summed E-state index contributed by atoms with van der Waals surface area (Å²) in [6, 6.07) is 89.0. The fourth-order valence-corrected chi connectivity index (χ4v) is 11.2. The molecule has 0 amide bonds. The van der Waals surface area contributed by atoms with E-state index in [-0.39, 0.29) is 10.8 Å². The largest absolute Gasteiger partial charge is 0.311 e. The Labute approximate surface area is 401 Å². The van der Waals surface area contributed by atoms with E-state index in [0.29, 0.717) is 0 Å². The first-order valence-electron chi connectivity index (χ1n) is 23.8. The quantitative estimate of drug-likeness (QED) is 0.143. The van der Waals surface area contributed by atoms with Gasteiger partial charge in [-0.3, -0.25) is 0 Å². The lowest BCUT2D eigenvalue weighted by Gasteiger charge is -2.31. The van der Waals surface area contributed by atoms with Gasteiger partial charge in [0.2, 0.25) is 0 Å². The van der Waals surface area contributed by atoms with Gasteiger partial charge in [0.15, 0.2) is 0 Å². The molecule has 0 saturated carbocycles. The van der Waals surface area contributed by atoms with Gasteiger partial charge >= 0.3 is 0 Å². The molecule has 2 aliphatic rings. The average Bonchev–Trinajstić information content (AvgIpc) is 3.77. The molecule has 2 heteroatoms. The number of rotatable bonds is 9. The SMILES string of the molecule is CC1(C)c2ccccc2-c2cc3c(cc21)-c1c(N(c2ccccc2)c2ccc(-c4ccccc4)cc2)ccc(-c2ccc(N(c4ccccc4)c4ccc(-c5ccccc5)cc4)cc2)c1C3(C)C. The van der Waals surface area contributed by atoms with Gasteiger partial charge < -0.3 is 9.80 Å². The second-order valence-corrected chi connectivity index (χ2v) is 19.3. The molecule has 68 heavy (non-hydrogen) atoms. The lowest BCUT2D eigenvalue weighted by molar-refractivity contribution is 0.653. The number of fused-ring (bicyclic) bond motifs is 6. The van der Waals surface area contributed by atoms with Crippen molar-refractivity contribution in [2.75, 3.05) is 9.80 Å². The Balaban J connectivity index is 1.03. The van der Waals surface area contributed by atoms with E-state index in [1.807, 2.05) is 0 Å². The molecule has 2 nitrogen and oxygen atoms in total. The Morgan fingerprint density at radius 1 is 0.265 bits per heavy atom. The molecule has 0 aromatic heterocycles. The molecule has 0 aliphatic heterocycles. The minimum Gasteiger partial charge on any atom is -0.311 e. The van der Waals surface area contributed by atoms with Crippen LogP contribution < -0.4 is 9.80 Å². The number of hydrogen-bond donors (Lipinski definition) is 0. The van der Waals surface area contributed by atoms with Crippen LogP contribution in [0.25, 0.3) is 55.6 Å². The molecule has 10 aromatic rings. The van der Waals surface area contributed by atoms with Crippen molar-refractivity contribution in [2.24, 2.45) is 0 Å². The van der Waals surface area contributed by atoms with Crippen LogP contribution in [-0.2, 0) is 10.8 Å². The molecule has 0 N–H and O–H groups in total. The smallest absolute Gasteiger partial charge is 0.0543 e. The van der Waals surface area contributed by atoms with E-state index >= 15 is 0 Å². The second kappa shape index (κ2) is 16.3. The third-order valence-corrected chi connectivity index (χ3v) is 14.6. The average molecular weight is 873 g/mol. The minimum atomic E-state index is -0.318. The van der Waals surface area contributed by atoms with E-state index in [9.17, 15) is 0 Å². The molecule has 0 bridgehead atoms. The molecule has 2 aliphatic carbocycles. The zero-order chi connectivity index (χ0) is 46.0. The maximum atomic E-state index is 2.55. The van der Waals surface area contributed by atoms with E-state index in [1.54, 1.807) is 0 Å². The molecular formula is C66H52N2. The van der Waals surface area contributed by atoms with Crippen LogP contribution in [0.3, 0.4) is 0 Å². The lowest BCUT2D eigenvalue weighted by atomic mass is 9.77. The van der Waals surface area contributed by atoms with Crippen LogP contribution in [0.2, 0.25) is 0 Å². The van der Waals surface area contributed by atoms with Crippen LogP contribution in [0.4, 0.5) is 34.1 Å². The predicted octanol–water partition coefficient (Wildman–Crippen LogP) is 18.2. The van der Waals surface area contributed by atoms with Crippen molar-refractivity contribution in [3.63, 3.8) is 0 Å². The molecule has 12 rings (SSSR count). The van der Waals surface area contributed by atoms with Gasteiger partial charge in [-0.15, -0.1) is 0 Å². The zero-order valence-electron chi connectivity index (χ0n) is 39.0. The number of anilines is 6. The maximum Gasteiger partial charge on any atom is 0.0543 e. The fourth-order valence-electron chi connectivity index (χ4n) is 11.2. The summed E-state index contributed by atoms with van der Waals surface area (Å²) in [5, 5.41) is 0. The summed E-state index contributed by atoms with van der Waals surface area (Å²) in [6.45, 7) is 9.67. The molecule has 0 unspecified atom stereocenters. The van der Waals surface area contributed by atoms with Crippen molar-refractivity contribution in [3.05, 3.63) is 265 Å². The van der Waals surface area contributed by atoms with Crippen molar-refractivity contribution >= 4 is 34.1 Å². The molecular weight excluding hydrogens is 821 g/mol. The lowest BCUT2D eigenvalue weighted by Crippen LogP contribution is -2.18. The Bertz CT molecular complexity index is 3450. The highest BCUT2D eigenvalue weighted by molar-refractivity contribution is 6.01. The summed E-state index contributed by atoms with van der Waals surface area (Å²) in [4.78, 5) is 4.83. The third-order valence-electron chi connectivity index (χ3n) is 14.6. The molecule has 0 atom stereocenters. The van der Waals surface area contributed by atoms with E-state index in [4.69, 9.17) is 0 Å². The van der Waals surface area contributed by atoms with Crippen LogP contribution in [0.5, 0.6) is 0 Å². The number of nitrogens with zero attached hydrogens (tertiary/aromatic N) is 2. The minimum absolute atomic E-state index is 0.139. The summed E-state index contributed by atoms with van der Waals surface area (Å²) in [6.07, 6.45) is 0. The maximum absolute atomic E-state index is 2.55. The molecule has 0 saturated heterocycles. The standard InChI is InChI=1S/C66H52N2/c1-65(2)59-28-18-17-27-56(59)57-43-61-58(44-60(57)65)63-62(68(51-25-15-8-16-26-51)54-37-31-48(32-38-54)46-21-11-6-12-22-46)42-41-55(64(63)66(61,3)4)49-33-39-53(40-34-49)67(50-23-13-7-14-24-50)52-35-29-47(30-36-52)45-19-9-5-10-20-45/h5-44H,1-4H3. The first-order valence-corrected chi connectivity index (χ1v) is 23.8. The highest BCUT2D eigenvalue weighted by Gasteiger charge is 2.44. The van der Waals surface area contributed by atoms with Crippen molar-refractivity contribution in [1.82, 2.24) is 0 Å². The summed E-state index contributed by atoms with van der Waals surface area (Å²) in [7, 11) is 0. The molecule has 0 heterocycles. The van der Waals surface area contributed by atoms with Crippen molar-refractivity contribution < 1.29 is 0 Å². The zero-order valence-corrected chi connectivity index (χ0v) is 39.0. The number of benzene rings is 10. The molecule has 0 radical (unpaired) electrons. The van der Waals surface area contributed by atoms with Crippen molar-refractivity contribution in [3.8, 4) is 55.6 Å². The van der Waals surface area contributed by atoms with Gasteiger partial charge in [0.1, 0.15) is 0 Å². The van der Waals surface area contributed by atoms with Gasteiger partial charge in [-0.25, -0.2) is 0 Å². The number of para-hydroxylation sites is 2. The van der Waals surface area contributed by atoms with Gasteiger partial charge in [-0.1, -0.05) is 191 Å². The summed E-state index contributed by atoms with van der Waals surface area (Å²) < 4.78 is 0. The first kappa shape index (κ1) is 41.2. The summed E-state index contributed by atoms with van der Waals surface area (Å²) in [5.74, 6) is 0. The normalized spacial score (nSPS) is 13.5. The molecule has 10 aromatic carbocycles. The van der Waals surface area contributed by atoms with Gasteiger partial charge in [0, 0.05) is 44.8 Å². The van der Waals surface area contributed by atoms with Crippen LogP contribution in [0.1, 0.15) is 49.9 Å². The van der Waals surface area contributed by atoms with E-state index < -0.39 is 0 Å². The van der Waals surface area contributed by atoms with Gasteiger partial charge in [0.25, 0.3) is 0 Å². The second-order valence-electron chi connectivity index (χ2n) is 19.3. The van der Waals surface area contributed by atoms with E-state index in [1.165, 1.54) is 83.6 Å². The number of hydrogen-bond acceptors (Lipinski definition) is 2. The summed E-state index contributed by atoms with van der Waals surface area (Å²) in [5.41, 5.74) is 24.4. The van der Waals surface area contributed by atoms with Crippen molar-refractivity contribution in [2.45, 2.75) is 38.5 Å².